The van der Waals surface area contributed by atoms with Crippen LogP contribution in [0.1, 0.15) is 17.2 Å². The zero-order valence-corrected chi connectivity index (χ0v) is 11.7. The van der Waals surface area contributed by atoms with Gasteiger partial charge in [-0.3, -0.25) is 4.79 Å². The zero-order chi connectivity index (χ0) is 14.4. The lowest BCUT2D eigenvalue weighted by Gasteiger charge is -2.12. The first kappa shape index (κ1) is 14.6. The van der Waals surface area contributed by atoms with Gasteiger partial charge in [-0.1, -0.05) is 54.1 Å². The standard InChI is InChI=1S/C16H16ClNO2/c17-14-8-6-12(7-9-14)10-16(20)18-11-15(19)13-4-2-1-3-5-13/h1-9,15,19H,10-11H2,(H,18,20). The number of carbonyl (C=O) groups excluding carboxylic acids is 1. The van der Waals surface area contributed by atoms with Gasteiger partial charge in [0, 0.05) is 11.6 Å². The summed E-state index contributed by atoms with van der Waals surface area (Å²) < 4.78 is 0. The molecule has 1 unspecified atom stereocenters. The van der Waals surface area contributed by atoms with Crippen molar-refractivity contribution in [3.63, 3.8) is 0 Å². The fraction of sp³-hybridized carbons (Fsp3) is 0.188. The Morgan fingerprint density at radius 3 is 2.40 bits per heavy atom. The highest BCUT2D eigenvalue weighted by atomic mass is 35.5. The second-order valence-corrected chi connectivity index (χ2v) is 4.97. The third-order valence-electron chi connectivity index (χ3n) is 2.95. The van der Waals surface area contributed by atoms with Crippen LogP contribution in [0.5, 0.6) is 0 Å². The summed E-state index contributed by atoms with van der Waals surface area (Å²) in [5.41, 5.74) is 1.68. The fourth-order valence-corrected chi connectivity index (χ4v) is 1.98. The smallest absolute Gasteiger partial charge is 0.224 e. The van der Waals surface area contributed by atoms with E-state index in [-0.39, 0.29) is 18.9 Å². The molecule has 0 bridgehead atoms. The van der Waals surface area contributed by atoms with Gasteiger partial charge in [0.1, 0.15) is 0 Å². The summed E-state index contributed by atoms with van der Waals surface area (Å²) in [4.78, 5) is 11.8. The van der Waals surface area contributed by atoms with Crippen molar-refractivity contribution in [2.75, 3.05) is 6.54 Å². The van der Waals surface area contributed by atoms with E-state index in [1.807, 2.05) is 42.5 Å². The summed E-state index contributed by atoms with van der Waals surface area (Å²) in [5.74, 6) is -0.123. The summed E-state index contributed by atoms with van der Waals surface area (Å²) >= 11 is 5.79. The van der Waals surface area contributed by atoms with Crippen molar-refractivity contribution in [3.8, 4) is 0 Å². The molecule has 0 aliphatic rings. The van der Waals surface area contributed by atoms with Crippen LogP contribution in [-0.2, 0) is 11.2 Å². The number of aliphatic hydroxyl groups excluding tert-OH is 1. The largest absolute Gasteiger partial charge is 0.387 e. The van der Waals surface area contributed by atoms with Crippen LogP contribution in [0.15, 0.2) is 54.6 Å². The first-order valence-corrected chi connectivity index (χ1v) is 6.77. The Labute approximate surface area is 123 Å². The Kier molecular flexibility index (Phi) is 5.16. The molecule has 0 saturated carbocycles. The molecule has 0 aliphatic heterocycles. The molecule has 4 heteroatoms. The van der Waals surface area contributed by atoms with Gasteiger partial charge in [0.25, 0.3) is 0 Å². The molecule has 0 heterocycles. The number of hydrogen-bond acceptors (Lipinski definition) is 2. The van der Waals surface area contributed by atoms with Crippen LogP contribution in [0.4, 0.5) is 0 Å². The first-order valence-electron chi connectivity index (χ1n) is 6.39. The van der Waals surface area contributed by atoms with Crippen LogP contribution >= 0.6 is 11.6 Å². The van der Waals surface area contributed by atoms with E-state index in [0.29, 0.717) is 5.02 Å². The van der Waals surface area contributed by atoms with Gasteiger partial charge in [0.2, 0.25) is 5.91 Å². The third-order valence-corrected chi connectivity index (χ3v) is 3.21. The summed E-state index contributed by atoms with van der Waals surface area (Å²) in [6, 6.07) is 16.4. The predicted octanol–water partition coefficient (Wildman–Crippen LogP) is 2.73. The van der Waals surface area contributed by atoms with Gasteiger partial charge in [-0.15, -0.1) is 0 Å². The lowest BCUT2D eigenvalue weighted by molar-refractivity contribution is -0.120. The van der Waals surface area contributed by atoms with Crippen molar-refractivity contribution in [2.45, 2.75) is 12.5 Å². The Morgan fingerprint density at radius 2 is 1.75 bits per heavy atom. The van der Waals surface area contributed by atoms with Gasteiger partial charge >= 0.3 is 0 Å². The van der Waals surface area contributed by atoms with Crippen LogP contribution in [0, 0.1) is 0 Å². The molecule has 3 nitrogen and oxygen atoms in total. The molecule has 2 N–H and O–H groups in total. The van der Waals surface area contributed by atoms with Crippen molar-refractivity contribution in [1.82, 2.24) is 5.32 Å². The number of halogens is 1. The molecule has 1 amide bonds. The molecule has 2 rings (SSSR count). The number of rotatable bonds is 5. The molecular formula is C16H16ClNO2. The third kappa shape index (κ3) is 4.37. The van der Waals surface area contributed by atoms with Gasteiger partial charge in [0.15, 0.2) is 0 Å². The number of benzene rings is 2. The average Bonchev–Trinajstić information content (AvgIpc) is 2.48. The maximum Gasteiger partial charge on any atom is 0.224 e. The molecule has 0 radical (unpaired) electrons. The summed E-state index contributed by atoms with van der Waals surface area (Å²) in [6.07, 6.45) is -0.413. The molecule has 0 aromatic heterocycles. The topological polar surface area (TPSA) is 49.3 Å². The SMILES string of the molecule is O=C(Cc1ccc(Cl)cc1)NCC(O)c1ccccc1. The minimum absolute atomic E-state index is 0.123. The molecule has 1 atom stereocenters. The van der Waals surface area contributed by atoms with E-state index in [9.17, 15) is 9.90 Å². The van der Waals surface area contributed by atoms with Gasteiger partial charge in [-0.2, -0.15) is 0 Å². The molecule has 0 spiro atoms. The molecule has 2 aromatic rings. The molecule has 0 fully saturated rings. The second-order valence-electron chi connectivity index (χ2n) is 4.53. The predicted molar refractivity (Wildman–Crippen MR) is 79.6 cm³/mol. The quantitative estimate of drug-likeness (QED) is 0.889. The Morgan fingerprint density at radius 1 is 1.10 bits per heavy atom. The van der Waals surface area contributed by atoms with Crippen LogP contribution in [0.3, 0.4) is 0 Å². The van der Waals surface area contributed by atoms with E-state index in [2.05, 4.69) is 5.32 Å². The van der Waals surface area contributed by atoms with E-state index in [1.165, 1.54) is 0 Å². The molecule has 104 valence electrons. The van der Waals surface area contributed by atoms with Crippen LogP contribution in [0.25, 0.3) is 0 Å². The first-order chi connectivity index (χ1) is 9.65. The van der Waals surface area contributed by atoms with Crippen molar-refractivity contribution < 1.29 is 9.90 Å². The molecule has 20 heavy (non-hydrogen) atoms. The summed E-state index contributed by atoms with van der Waals surface area (Å²) in [5, 5.41) is 13.3. The van der Waals surface area contributed by atoms with E-state index in [1.54, 1.807) is 12.1 Å². The lowest BCUT2D eigenvalue weighted by Crippen LogP contribution is -2.29. The van der Waals surface area contributed by atoms with E-state index in [4.69, 9.17) is 11.6 Å². The van der Waals surface area contributed by atoms with E-state index < -0.39 is 6.10 Å². The summed E-state index contributed by atoms with van der Waals surface area (Å²) in [7, 11) is 0. The number of amides is 1. The minimum atomic E-state index is -0.689. The summed E-state index contributed by atoms with van der Waals surface area (Å²) in [6.45, 7) is 0.205. The highest BCUT2D eigenvalue weighted by Crippen LogP contribution is 2.11. The Hall–Kier alpha value is -1.84. The maximum atomic E-state index is 11.8. The molecule has 2 aromatic carbocycles. The van der Waals surface area contributed by atoms with Crippen LogP contribution in [-0.4, -0.2) is 17.6 Å². The average molecular weight is 290 g/mol. The van der Waals surface area contributed by atoms with Gasteiger partial charge in [-0.05, 0) is 23.3 Å². The monoisotopic (exact) mass is 289 g/mol. The van der Waals surface area contributed by atoms with Gasteiger partial charge in [-0.25, -0.2) is 0 Å². The highest BCUT2D eigenvalue weighted by molar-refractivity contribution is 6.30. The van der Waals surface area contributed by atoms with Crippen LogP contribution in [0.2, 0.25) is 5.02 Å². The minimum Gasteiger partial charge on any atom is -0.387 e. The maximum absolute atomic E-state index is 11.8. The molecule has 0 saturated heterocycles. The van der Waals surface area contributed by atoms with Crippen LogP contribution < -0.4 is 5.32 Å². The second kappa shape index (κ2) is 7.08. The normalized spacial score (nSPS) is 11.9. The Bertz CT molecular complexity index is 554. The Balaban J connectivity index is 1.82. The fourth-order valence-electron chi connectivity index (χ4n) is 1.85. The highest BCUT2D eigenvalue weighted by Gasteiger charge is 2.09. The number of nitrogens with one attached hydrogen (secondary N) is 1. The number of hydrogen-bond donors (Lipinski definition) is 2. The van der Waals surface area contributed by atoms with Crippen molar-refractivity contribution in [1.29, 1.82) is 0 Å². The zero-order valence-electron chi connectivity index (χ0n) is 10.9. The van der Waals surface area contributed by atoms with Gasteiger partial charge < -0.3 is 10.4 Å². The van der Waals surface area contributed by atoms with Crippen molar-refractivity contribution in [2.24, 2.45) is 0 Å². The number of aliphatic hydroxyl groups is 1. The lowest BCUT2D eigenvalue weighted by atomic mass is 10.1. The van der Waals surface area contributed by atoms with E-state index in [0.717, 1.165) is 11.1 Å². The number of carbonyl (C=O) groups is 1. The van der Waals surface area contributed by atoms with Gasteiger partial charge in [0.05, 0.1) is 12.5 Å². The van der Waals surface area contributed by atoms with E-state index >= 15 is 0 Å². The van der Waals surface area contributed by atoms with Crippen molar-refractivity contribution in [3.05, 3.63) is 70.7 Å². The molecular weight excluding hydrogens is 274 g/mol. The van der Waals surface area contributed by atoms with Crippen molar-refractivity contribution >= 4 is 17.5 Å². The molecule has 0 aliphatic carbocycles.